The molecule has 0 saturated heterocycles. The van der Waals surface area contributed by atoms with Gasteiger partial charge < -0.3 is 10.4 Å². The van der Waals surface area contributed by atoms with E-state index in [-0.39, 0.29) is 5.91 Å². The summed E-state index contributed by atoms with van der Waals surface area (Å²) < 4.78 is 0. The predicted octanol–water partition coefficient (Wildman–Crippen LogP) is 5.70. The zero-order valence-electron chi connectivity index (χ0n) is 16.3. The van der Waals surface area contributed by atoms with Crippen LogP contribution in [0, 0.1) is 0 Å². The van der Waals surface area contributed by atoms with Gasteiger partial charge in [-0.2, -0.15) is 0 Å². The topological polar surface area (TPSA) is 49.3 Å². The van der Waals surface area contributed by atoms with Crippen molar-refractivity contribution in [3.8, 4) is 0 Å². The number of aryl methyl sites for hydroxylation is 1. The maximum absolute atomic E-state index is 12.2. The second kappa shape index (κ2) is 9.75. The number of carbonyl (C=O) groups excluding carboxylic acids is 1. The maximum Gasteiger partial charge on any atom is 0.224 e. The Hall–Kier alpha value is -3.07. The highest BCUT2D eigenvalue weighted by Crippen LogP contribution is 2.21. The molecule has 2 aliphatic rings. The lowest BCUT2D eigenvalue weighted by molar-refractivity contribution is -0.120. The standard InChI is InChI=1S/C25H27NO2/c1-19-8-3-2-4-12-24(19)26-25(28)13-7-9-20-14-16-21(17-15-20)22-10-5-6-11-23(27)18-22/h2-3,5,8,10-12,14-18,27H,4,6-7,9,13H2,1H3,(H,26,28). The Kier molecular flexibility index (Phi) is 6.85. The Morgan fingerprint density at radius 1 is 1.11 bits per heavy atom. The van der Waals surface area contributed by atoms with Crippen LogP contribution in [0.5, 0.6) is 0 Å². The van der Waals surface area contributed by atoms with Crippen LogP contribution >= 0.6 is 0 Å². The number of aliphatic hydroxyl groups excluding tert-OH is 1. The Bertz CT molecular complexity index is 893. The molecule has 1 amide bonds. The molecule has 2 N–H and O–H groups in total. The molecular formula is C25H27NO2. The lowest BCUT2D eigenvalue weighted by atomic mass is 10.0. The lowest BCUT2D eigenvalue weighted by Crippen LogP contribution is -2.23. The van der Waals surface area contributed by atoms with E-state index in [1.807, 2.05) is 31.2 Å². The third kappa shape index (κ3) is 5.71. The van der Waals surface area contributed by atoms with Gasteiger partial charge in [0, 0.05) is 12.1 Å². The van der Waals surface area contributed by atoms with E-state index in [2.05, 4.69) is 41.7 Å². The fourth-order valence-electron chi connectivity index (χ4n) is 3.24. The molecule has 0 fully saturated rings. The van der Waals surface area contributed by atoms with E-state index < -0.39 is 0 Å². The van der Waals surface area contributed by atoms with E-state index in [0.717, 1.165) is 48.1 Å². The number of rotatable bonds is 6. The van der Waals surface area contributed by atoms with Gasteiger partial charge in [-0.15, -0.1) is 0 Å². The molecule has 3 nitrogen and oxygen atoms in total. The summed E-state index contributed by atoms with van der Waals surface area (Å²) in [5.74, 6) is 0.369. The van der Waals surface area contributed by atoms with Gasteiger partial charge in [0.25, 0.3) is 0 Å². The Morgan fingerprint density at radius 3 is 2.71 bits per heavy atom. The first-order valence-corrected chi connectivity index (χ1v) is 9.82. The van der Waals surface area contributed by atoms with Gasteiger partial charge in [0.1, 0.15) is 5.76 Å². The number of amides is 1. The number of hydrogen-bond acceptors (Lipinski definition) is 2. The van der Waals surface area contributed by atoms with E-state index in [1.54, 1.807) is 12.2 Å². The van der Waals surface area contributed by atoms with Crippen molar-refractivity contribution in [3.63, 3.8) is 0 Å². The first-order valence-electron chi connectivity index (χ1n) is 9.82. The minimum absolute atomic E-state index is 0.0635. The first-order chi connectivity index (χ1) is 13.6. The molecule has 1 aromatic rings. The summed E-state index contributed by atoms with van der Waals surface area (Å²) in [6.45, 7) is 2.01. The third-order valence-electron chi connectivity index (χ3n) is 4.86. The Labute approximate surface area is 167 Å². The largest absolute Gasteiger partial charge is 0.508 e. The average molecular weight is 373 g/mol. The summed E-state index contributed by atoms with van der Waals surface area (Å²) in [6, 6.07) is 8.34. The molecule has 0 unspecified atom stereocenters. The van der Waals surface area contributed by atoms with Crippen LogP contribution in [0.4, 0.5) is 0 Å². The number of allylic oxidation sites excluding steroid dienone is 10. The molecule has 0 radical (unpaired) electrons. The molecule has 0 atom stereocenters. The summed E-state index contributed by atoms with van der Waals surface area (Å²) in [5.41, 5.74) is 5.30. The molecule has 2 aliphatic carbocycles. The van der Waals surface area contributed by atoms with Crippen LogP contribution in [0.25, 0.3) is 5.57 Å². The second-order valence-electron chi connectivity index (χ2n) is 7.10. The average Bonchev–Trinajstić information content (AvgIpc) is 3.03. The minimum atomic E-state index is 0.0635. The summed E-state index contributed by atoms with van der Waals surface area (Å²) in [6.07, 6.45) is 19.6. The van der Waals surface area contributed by atoms with E-state index in [4.69, 9.17) is 0 Å². The van der Waals surface area contributed by atoms with E-state index in [0.29, 0.717) is 12.2 Å². The van der Waals surface area contributed by atoms with Crippen molar-refractivity contribution < 1.29 is 9.90 Å². The molecule has 0 spiro atoms. The quantitative estimate of drug-likeness (QED) is 0.672. The fourth-order valence-corrected chi connectivity index (χ4v) is 3.24. The van der Waals surface area contributed by atoms with Crippen molar-refractivity contribution in [2.24, 2.45) is 0 Å². The molecule has 0 aliphatic heterocycles. The van der Waals surface area contributed by atoms with E-state index >= 15 is 0 Å². The summed E-state index contributed by atoms with van der Waals surface area (Å²) in [4.78, 5) is 12.2. The van der Waals surface area contributed by atoms with Crippen LogP contribution in [0.3, 0.4) is 0 Å². The van der Waals surface area contributed by atoms with Gasteiger partial charge in [-0.05, 0) is 67.0 Å². The van der Waals surface area contributed by atoms with Crippen molar-refractivity contribution in [1.82, 2.24) is 5.32 Å². The molecule has 28 heavy (non-hydrogen) atoms. The highest BCUT2D eigenvalue weighted by molar-refractivity contribution is 5.79. The molecule has 0 saturated carbocycles. The minimum Gasteiger partial charge on any atom is -0.508 e. The van der Waals surface area contributed by atoms with Crippen molar-refractivity contribution in [1.29, 1.82) is 0 Å². The summed E-state index contributed by atoms with van der Waals surface area (Å²) in [7, 11) is 0. The van der Waals surface area contributed by atoms with Crippen molar-refractivity contribution in [2.45, 2.75) is 39.0 Å². The number of carbonyl (C=O) groups is 1. The van der Waals surface area contributed by atoms with Crippen LogP contribution in [0.15, 0.2) is 89.9 Å². The Morgan fingerprint density at radius 2 is 1.89 bits per heavy atom. The van der Waals surface area contributed by atoms with Gasteiger partial charge in [-0.1, -0.05) is 60.7 Å². The smallest absolute Gasteiger partial charge is 0.224 e. The normalized spacial score (nSPS) is 16.3. The number of benzene rings is 1. The van der Waals surface area contributed by atoms with Crippen LogP contribution in [-0.4, -0.2) is 11.0 Å². The zero-order chi connectivity index (χ0) is 19.8. The van der Waals surface area contributed by atoms with Gasteiger partial charge in [-0.3, -0.25) is 4.79 Å². The van der Waals surface area contributed by atoms with Gasteiger partial charge in [0.15, 0.2) is 0 Å². The molecule has 144 valence electrons. The third-order valence-corrected chi connectivity index (χ3v) is 4.86. The molecule has 3 rings (SSSR count). The maximum atomic E-state index is 12.2. The predicted molar refractivity (Wildman–Crippen MR) is 116 cm³/mol. The van der Waals surface area contributed by atoms with Crippen LogP contribution in [0.1, 0.15) is 43.7 Å². The monoisotopic (exact) mass is 373 g/mol. The van der Waals surface area contributed by atoms with Crippen LogP contribution in [-0.2, 0) is 11.2 Å². The second-order valence-corrected chi connectivity index (χ2v) is 7.10. The zero-order valence-corrected chi connectivity index (χ0v) is 16.3. The SMILES string of the molecule is CC1=CC=CCC=C1NC(=O)CCCc1ccc(C2=CC(O)=CCC=C2)cc1. The van der Waals surface area contributed by atoms with E-state index in [9.17, 15) is 9.90 Å². The molecule has 3 heteroatoms. The van der Waals surface area contributed by atoms with Crippen molar-refractivity contribution in [3.05, 3.63) is 101 Å². The van der Waals surface area contributed by atoms with Gasteiger partial charge in [0.2, 0.25) is 5.91 Å². The van der Waals surface area contributed by atoms with Gasteiger partial charge >= 0.3 is 0 Å². The first kappa shape index (κ1) is 19.7. The van der Waals surface area contributed by atoms with Gasteiger partial charge in [0.05, 0.1) is 0 Å². The number of nitrogens with one attached hydrogen (secondary N) is 1. The highest BCUT2D eigenvalue weighted by Gasteiger charge is 2.08. The molecular weight excluding hydrogens is 346 g/mol. The molecule has 0 bridgehead atoms. The highest BCUT2D eigenvalue weighted by atomic mass is 16.3. The Balaban J connectivity index is 1.49. The molecule has 0 heterocycles. The lowest BCUT2D eigenvalue weighted by Gasteiger charge is -2.10. The van der Waals surface area contributed by atoms with Crippen LogP contribution in [0.2, 0.25) is 0 Å². The number of aliphatic hydroxyl groups is 1. The summed E-state index contributed by atoms with van der Waals surface area (Å²) >= 11 is 0. The fraction of sp³-hybridized carbons (Fsp3) is 0.240. The number of hydrogen-bond donors (Lipinski definition) is 2. The molecule has 1 aromatic carbocycles. The van der Waals surface area contributed by atoms with Crippen LogP contribution < -0.4 is 5.32 Å². The summed E-state index contributed by atoms with van der Waals surface area (Å²) in [5, 5.41) is 12.8. The van der Waals surface area contributed by atoms with Crippen molar-refractivity contribution in [2.75, 3.05) is 0 Å². The molecule has 0 aromatic heterocycles. The van der Waals surface area contributed by atoms with E-state index in [1.165, 1.54) is 5.56 Å². The van der Waals surface area contributed by atoms with Crippen molar-refractivity contribution >= 4 is 11.5 Å². The van der Waals surface area contributed by atoms with Gasteiger partial charge in [-0.25, -0.2) is 0 Å².